The highest BCUT2D eigenvalue weighted by Gasteiger charge is 2.28. The summed E-state index contributed by atoms with van der Waals surface area (Å²) in [7, 11) is -2.32. The summed E-state index contributed by atoms with van der Waals surface area (Å²) in [5, 5.41) is 10.7. The third kappa shape index (κ3) is 3.84. The number of non-ortho nitro benzene ring substituents is 1. The van der Waals surface area contributed by atoms with Crippen LogP contribution in [-0.2, 0) is 10.0 Å². The maximum Gasteiger partial charge on any atom is 0.271 e. The standard InChI is InChI=1S/C11H18N4O4S2/c1-8(7-20-3)14(2)21(18,19)11-5-4-9(15(16)17)6-10(11)13-12/h4-6,8,13H,7,12H2,1-3H3. The average Bonchev–Trinajstić information content (AvgIpc) is 2.45. The molecule has 118 valence electrons. The Balaban J connectivity index is 3.28. The summed E-state index contributed by atoms with van der Waals surface area (Å²) in [6.07, 6.45) is 1.88. The van der Waals surface area contributed by atoms with Gasteiger partial charge in [0.2, 0.25) is 10.0 Å². The van der Waals surface area contributed by atoms with Gasteiger partial charge < -0.3 is 5.43 Å². The Bertz CT molecular complexity index is 621. The molecular formula is C11H18N4O4S2. The zero-order chi connectivity index (χ0) is 16.2. The summed E-state index contributed by atoms with van der Waals surface area (Å²) >= 11 is 1.53. The number of sulfonamides is 1. The Morgan fingerprint density at radius 2 is 2.14 bits per heavy atom. The van der Waals surface area contributed by atoms with E-state index in [0.29, 0.717) is 5.75 Å². The molecule has 10 heteroatoms. The van der Waals surface area contributed by atoms with Crippen LogP contribution in [-0.4, -0.2) is 42.7 Å². The van der Waals surface area contributed by atoms with Crippen molar-refractivity contribution in [2.45, 2.75) is 17.9 Å². The van der Waals surface area contributed by atoms with E-state index in [4.69, 9.17) is 5.84 Å². The number of hydrazine groups is 1. The first-order valence-electron chi connectivity index (χ1n) is 5.97. The van der Waals surface area contributed by atoms with Crippen molar-refractivity contribution >= 4 is 33.2 Å². The maximum atomic E-state index is 12.6. The number of hydrogen-bond acceptors (Lipinski definition) is 7. The van der Waals surface area contributed by atoms with Crippen molar-refractivity contribution in [3.05, 3.63) is 28.3 Å². The van der Waals surface area contributed by atoms with Crippen LogP contribution in [0.25, 0.3) is 0 Å². The molecular weight excluding hydrogens is 316 g/mol. The molecule has 0 bridgehead atoms. The van der Waals surface area contributed by atoms with Crippen molar-refractivity contribution in [1.29, 1.82) is 0 Å². The second kappa shape index (κ2) is 7.07. The Morgan fingerprint density at radius 3 is 2.62 bits per heavy atom. The molecule has 0 saturated heterocycles. The lowest BCUT2D eigenvalue weighted by atomic mass is 10.3. The van der Waals surface area contributed by atoms with Gasteiger partial charge in [0.05, 0.1) is 10.6 Å². The minimum absolute atomic E-state index is 0.00704. The van der Waals surface area contributed by atoms with Gasteiger partial charge in [-0.3, -0.25) is 16.0 Å². The molecule has 0 fully saturated rings. The van der Waals surface area contributed by atoms with Crippen molar-refractivity contribution in [2.75, 3.05) is 24.5 Å². The normalized spacial score (nSPS) is 13.2. The van der Waals surface area contributed by atoms with Crippen molar-refractivity contribution in [1.82, 2.24) is 4.31 Å². The number of nitro groups is 1. The van der Waals surface area contributed by atoms with E-state index in [9.17, 15) is 18.5 Å². The number of thioether (sulfide) groups is 1. The fourth-order valence-electron chi connectivity index (χ4n) is 1.71. The summed E-state index contributed by atoms with van der Waals surface area (Å²) < 4.78 is 26.3. The molecule has 0 radical (unpaired) electrons. The smallest absolute Gasteiger partial charge is 0.271 e. The molecule has 0 aliphatic carbocycles. The summed E-state index contributed by atoms with van der Waals surface area (Å²) in [4.78, 5) is 10.0. The van der Waals surface area contributed by atoms with E-state index in [-0.39, 0.29) is 22.3 Å². The van der Waals surface area contributed by atoms with E-state index in [0.717, 1.165) is 12.1 Å². The Hall–Kier alpha value is -1.36. The molecule has 8 nitrogen and oxygen atoms in total. The molecule has 0 amide bonds. The third-order valence-electron chi connectivity index (χ3n) is 3.02. The molecule has 1 rings (SSSR count). The molecule has 0 spiro atoms. The number of nitrogens with one attached hydrogen (secondary N) is 1. The van der Waals surface area contributed by atoms with Gasteiger partial charge in [0.25, 0.3) is 5.69 Å². The zero-order valence-electron chi connectivity index (χ0n) is 11.9. The van der Waals surface area contributed by atoms with Crippen LogP contribution < -0.4 is 11.3 Å². The second-order valence-electron chi connectivity index (χ2n) is 4.41. The molecule has 0 aromatic heterocycles. The van der Waals surface area contributed by atoms with Crippen LogP contribution in [0.3, 0.4) is 0 Å². The van der Waals surface area contributed by atoms with E-state index in [1.807, 2.05) is 6.26 Å². The summed E-state index contributed by atoms with van der Waals surface area (Å²) in [6.45, 7) is 1.79. The van der Waals surface area contributed by atoms with Crippen molar-refractivity contribution < 1.29 is 13.3 Å². The number of nitro benzene ring substituents is 1. The molecule has 1 atom stereocenters. The van der Waals surface area contributed by atoms with Crippen LogP contribution in [0.2, 0.25) is 0 Å². The van der Waals surface area contributed by atoms with Gasteiger partial charge in [-0.1, -0.05) is 0 Å². The first kappa shape index (κ1) is 17.7. The van der Waals surface area contributed by atoms with Crippen molar-refractivity contribution in [3.8, 4) is 0 Å². The van der Waals surface area contributed by atoms with Gasteiger partial charge in [-0.2, -0.15) is 16.1 Å². The van der Waals surface area contributed by atoms with Gasteiger partial charge in [0.15, 0.2) is 0 Å². The SMILES string of the molecule is CSCC(C)N(C)S(=O)(=O)c1ccc([N+](=O)[O-])cc1NN. The predicted octanol–water partition coefficient (Wildman–Crippen LogP) is 1.25. The number of hydrogen-bond donors (Lipinski definition) is 2. The van der Waals surface area contributed by atoms with E-state index in [1.165, 1.54) is 29.2 Å². The van der Waals surface area contributed by atoms with Gasteiger partial charge in [-0.05, 0) is 19.2 Å². The fourth-order valence-corrected chi connectivity index (χ4v) is 4.00. The van der Waals surface area contributed by atoms with Gasteiger partial charge in [-0.25, -0.2) is 8.42 Å². The Morgan fingerprint density at radius 1 is 1.52 bits per heavy atom. The minimum Gasteiger partial charge on any atom is -0.323 e. The number of rotatable bonds is 7. The molecule has 1 aromatic rings. The van der Waals surface area contributed by atoms with E-state index in [1.54, 1.807) is 6.92 Å². The second-order valence-corrected chi connectivity index (χ2v) is 7.28. The van der Waals surface area contributed by atoms with Gasteiger partial charge >= 0.3 is 0 Å². The zero-order valence-corrected chi connectivity index (χ0v) is 13.6. The Kier molecular flexibility index (Phi) is 5.96. The monoisotopic (exact) mass is 334 g/mol. The molecule has 0 heterocycles. The number of nitrogens with two attached hydrogens (primary N) is 1. The number of nitrogens with zero attached hydrogens (tertiary/aromatic N) is 2. The minimum atomic E-state index is -3.79. The highest BCUT2D eigenvalue weighted by Crippen LogP contribution is 2.28. The first-order valence-corrected chi connectivity index (χ1v) is 8.81. The maximum absolute atomic E-state index is 12.6. The fraction of sp³-hybridized carbons (Fsp3) is 0.455. The number of anilines is 1. The van der Waals surface area contributed by atoms with Gasteiger partial charge in [-0.15, -0.1) is 0 Å². The van der Waals surface area contributed by atoms with Crippen LogP contribution in [0.5, 0.6) is 0 Å². The van der Waals surface area contributed by atoms with E-state index >= 15 is 0 Å². The summed E-state index contributed by atoms with van der Waals surface area (Å²) in [5.74, 6) is 5.92. The van der Waals surface area contributed by atoms with Crippen LogP contribution >= 0.6 is 11.8 Å². The lowest BCUT2D eigenvalue weighted by Gasteiger charge is -2.24. The topological polar surface area (TPSA) is 119 Å². The highest BCUT2D eigenvalue weighted by atomic mass is 32.2. The Labute approximate surface area is 127 Å². The van der Waals surface area contributed by atoms with Crippen LogP contribution in [0.4, 0.5) is 11.4 Å². The lowest BCUT2D eigenvalue weighted by Crippen LogP contribution is -2.37. The van der Waals surface area contributed by atoms with Crippen molar-refractivity contribution in [2.24, 2.45) is 5.84 Å². The molecule has 3 N–H and O–H groups in total. The quantitative estimate of drug-likeness (QED) is 0.437. The lowest BCUT2D eigenvalue weighted by molar-refractivity contribution is -0.384. The molecule has 1 aromatic carbocycles. The highest BCUT2D eigenvalue weighted by molar-refractivity contribution is 7.98. The first-order chi connectivity index (χ1) is 9.75. The predicted molar refractivity (Wildman–Crippen MR) is 83.7 cm³/mol. The number of nitrogen functional groups attached to an aromatic ring is 1. The third-order valence-corrected chi connectivity index (χ3v) is 5.86. The van der Waals surface area contributed by atoms with Gasteiger partial charge in [0.1, 0.15) is 4.90 Å². The summed E-state index contributed by atoms with van der Waals surface area (Å²) in [5.41, 5.74) is 1.97. The van der Waals surface area contributed by atoms with E-state index in [2.05, 4.69) is 5.43 Å². The molecule has 1 unspecified atom stereocenters. The molecule has 0 aliphatic rings. The van der Waals surface area contributed by atoms with E-state index < -0.39 is 14.9 Å². The van der Waals surface area contributed by atoms with Crippen LogP contribution in [0.1, 0.15) is 6.92 Å². The summed E-state index contributed by atoms with van der Waals surface area (Å²) in [6, 6.07) is 3.21. The molecule has 0 saturated carbocycles. The molecule has 21 heavy (non-hydrogen) atoms. The van der Waals surface area contributed by atoms with Crippen LogP contribution in [0.15, 0.2) is 23.1 Å². The van der Waals surface area contributed by atoms with Gasteiger partial charge in [0, 0.05) is 31.0 Å². The largest absolute Gasteiger partial charge is 0.323 e. The number of benzene rings is 1. The van der Waals surface area contributed by atoms with Crippen molar-refractivity contribution in [3.63, 3.8) is 0 Å². The average molecular weight is 334 g/mol. The molecule has 0 aliphatic heterocycles. The van der Waals surface area contributed by atoms with Crippen LogP contribution in [0, 0.1) is 10.1 Å².